The van der Waals surface area contributed by atoms with Crippen molar-refractivity contribution in [1.82, 2.24) is 0 Å². The smallest absolute Gasteiger partial charge is 0.00571 e. The minimum Gasteiger partial charge on any atom is -0.0836 e. The van der Waals surface area contributed by atoms with E-state index in [1.54, 1.807) is 0 Å². The van der Waals surface area contributed by atoms with Crippen LogP contribution in [0.2, 0.25) is 0 Å². The van der Waals surface area contributed by atoms with Crippen LogP contribution in [0, 0.1) is 33.1 Å². The van der Waals surface area contributed by atoms with Crippen molar-refractivity contribution in [2.75, 3.05) is 0 Å². The number of allylic oxidation sites excluding steroid dienone is 4. The van der Waals surface area contributed by atoms with Gasteiger partial charge in [0.1, 0.15) is 0 Å². The van der Waals surface area contributed by atoms with Crippen molar-refractivity contribution in [2.24, 2.45) is 5.41 Å². The van der Waals surface area contributed by atoms with Gasteiger partial charge < -0.3 is 0 Å². The zero-order valence-corrected chi connectivity index (χ0v) is 20.6. The SMILES string of the molecule is Cc1ccccc1-c1c(C)ccc(-c2ccc3c(c2C)C(C)(C)C2(C)CC=CC=C32)c1C. The zero-order chi connectivity index (χ0) is 22.8. The highest BCUT2D eigenvalue weighted by Gasteiger charge is 2.52. The average molecular weight is 419 g/mol. The monoisotopic (exact) mass is 418 g/mol. The normalized spacial score (nSPS) is 20.7. The molecule has 0 N–H and O–H groups in total. The molecule has 1 unspecified atom stereocenters. The molecule has 3 aromatic carbocycles. The molecule has 32 heavy (non-hydrogen) atoms. The van der Waals surface area contributed by atoms with Gasteiger partial charge in [0.15, 0.2) is 0 Å². The second kappa shape index (κ2) is 7.07. The van der Waals surface area contributed by atoms with E-state index in [2.05, 4.69) is 115 Å². The van der Waals surface area contributed by atoms with Gasteiger partial charge in [-0.15, -0.1) is 0 Å². The lowest BCUT2D eigenvalue weighted by molar-refractivity contribution is 0.270. The van der Waals surface area contributed by atoms with Crippen molar-refractivity contribution in [2.45, 2.75) is 60.3 Å². The van der Waals surface area contributed by atoms with Crippen molar-refractivity contribution >= 4 is 5.57 Å². The lowest BCUT2D eigenvalue weighted by Crippen LogP contribution is -2.35. The fraction of sp³-hybridized carbons (Fsp3) is 0.312. The van der Waals surface area contributed by atoms with Gasteiger partial charge in [0, 0.05) is 10.8 Å². The van der Waals surface area contributed by atoms with Gasteiger partial charge in [-0.2, -0.15) is 0 Å². The third-order valence-electron chi connectivity index (χ3n) is 8.66. The number of fused-ring (bicyclic) bond motifs is 3. The number of aryl methyl sites for hydroxylation is 2. The van der Waals surface area contributed by atoms with Crippen LogP contribution in [0.3, 0.4) is 0 Å². The summed E-state index contributed by atoms with van der Waals surface area (Å²) in [5.41, 5.74) is 15.7. The van der Waals surface area contributed by atoms with Crippen LogP contribution in [0.4, 0.5) is 0 Å². The average Bonchev–Trinajstić information content (AvgIpc) is 2.94. The molecule has 0 saturated carbocycles. The Morgan fingerprint density at radius 1 is 0.656 bits per heavy atom. The molecule has 162 valence electrons. The Bertz CT molecular complexity index is 1310. The molecule has 0 fully saturated rings. The molecule has 2 aliphatic rings. The largest absolute Gasteiger partial charge is 0.0836 e. The van der Waals surface area contributed by atoms with Gasteiger partial charge in [0.25, 0.3) is 0 Å². The molecule has 0 radical (unpaired) electrons. The minimum absolute atomic E-state index is 0.0937. The molecule has 1 atom stereocenters. The molecule has 0 heterocycles. The summed E-state index contributed by atoms with van der Waals surface area (Å²) < 4.78 is 0. The minimum atomic E-state index is 0.0937. The van der Waals surface area contributed by atoms with Gasteiger partial charge in [0.05, 0.1) is 0 Å². The zero-order valence-electron chi connectivity index (χ0n) is 20.6. The summed E-state index contributed by atoms with van der Waals surface area (Å²) in [5.74, 6) is 0. The first-order chi connectivity index (χ1) is 15.2. The topological polar surface area (TPSA) is 0 Å². The van der Waals surface area contributed by atoms with E-state index in [9.17, 15) is 0 Å². The van der Waals surface area contributed by atoms with Gasteiger partial charge in [-0.05, 0) is 95.3 Å². The van der Waals surface area contributed by atoms with E-state index in [0.29, 0.717) is 0 Å². The van der Waals surface area contributed by atoms with E-state index in [-0.39, 0.29) is 10.8 Å². The maximum Gasteiger partial charge on any atom is 0.00571 e. The molecule has 0 heteroatoms. The van der Waals surface area contributed by atoms with E-state index in [1.165, 1.54) is 61.2 Å². The number of rotatable bonds is 2. The van der Waals surface area contributed by atoms with Crippen LogP contribution in [0.5, 0.6) is 0 Å². The Balaban J connectivity index is 1.75. The van der Waals surface area contributed by atoms with Crippen molar-refractivity contribution in [3.8, 4) is 22.3 Å². The quantitative estimate of drug-likeness (QED) is 0.390. The second-order valence-corrected chi connectivity index (χ2v) is 10.6. The van der Waals surface area contributed by atoms with Crippen LogP contribution >= 0.6 is 0 Å². The molecule has 0 aromatic heterocycles. The molecule has 0 saturated heterocycles. The highest BCUT2D eigenvalue weighted by atomic mass is 14.6. The highest BCUT2D eigenvalue weighted by molar-refractivity contribution is 5.88. The maximum atomic E-state index is 2.45. The van der Waals surface area contributed by atoms with Crippen molar-refractivity contribution in [1.29, 1.82) is 0 Å². The molecule has 0 aliphatic heterocycles. The van der Waals surface area contributed by atoms with E-state index in [0.717, 1.165) is 6.42 Å². The van der Waals surface area contributed by atoms with Crippen molar-refractivity contribution in [3.05, 3.63) is 100 Å². The molecule has 0 bridgehead atoms. The molecule has 0 spiro atoms. The fourth-order valence-corrected chi connectivity index (χ4v) is 6.46. The van der Waals surface area contributed by atoms with E-state index >= 15 is 0 Å². The third-order valence-corrected chi connectivity index (χ3v) is 8.66. The first-order valence-corrected chi connectivity index (χ1v) is 11.9. The standard InChI is InChI=1S/C32H34/c1-20-12-8-9-13-24(20)29-21(2)15-16-25(22(29)3)26-17-18-27-28-14-10-11-19-32(28,7)31(5,6)30(27)23(26)4/h8-18H,19H2,1-7H3. The lowest BCUT2D eigenvalue weighted by Gasteiger charge is -2.41. The first kappa shape index (κ1) is 21.0. The summed E-state index contributed by atoms with van der Waals surface area (Å²) in [7, 11) is 0. The van der Waals surface area contributed by atoms with Gasteiger partial charge >= 0.3 is 0 Å². The second-order valence-electron chi connectivity index (χ2n) is 10.6. The van der Waals surface area contributed by atoms with E-state index in [1.807, 2.05) is 0 Å². The molecule has 2 aliphatic carbocycles. The third kappa shape index (κ3) is 2.68. The van der Waals surface area contributed by atoms with Crippen LogP contribution < -0.4 is 0 Å². The lowest BCUT2D eigenvalue weighted by atomic mass is 9.62. The number of benzene rings is 3. The summed E-state index contributed by atoms with van der Waals surface area (Å²) in [5, 5.41) is 0. The first-order valence-electron chi connectivity index (χ1n) is 11.9. The molecule has 5 rings (SSSR count). The Hall–Kier alpha value is -2.86. The number of hydrogen-bond acceptors (Lipinski definition) is 0. The fourth-order valence-electron chi connectivity index (χ4n) is 6.46. The predicted molar refractivity (Wildman–Crippen MR) is 139 cm³/mol. The maximum absolute atomic E-state index is 2.45. The predicted octanol–water partition coefficient (Wildman–Crippen LogP) is 8.90. The summed E-state index contributed by atoms with van der Waals surface area (Å²) >= 11 is 0. The van der Waals surface area contributed by atoms with Crippen molar-refractivity contribution in [3.63, 3.8) is 0 Å². The molecule has 0 amide bonds. The van der Waals surface area contributed by atoms with Crippen LogP contribution in [-0.2, 0) is 5.41 Å². The number of hydrogen-bond donors (Lipinski definition) is 0. The van der Waals surface area contributed by atoms with Crippen LogP contribution in [-0.4, -0.2) is 0 Å². The van der Waals surface area contributed by atoms with E-state index in [4.69, 9.17) is 0 Å². The van der Waals surface area contributed by atoms with Crippen LogP contribution in [0.25, 0.3) is 27.8 Å². The Kier molecular flexibility index (Phi) is 4.64. The molecular weight excluding hydrogens is 384 g/mol. The summed E-state index contributed by atoms with van der Waals surface area (Å²) in [6.45, 7) is 16.4. The van der Waals surface area contributed by atoms with Crippen LogP contribution in [0.1, 0.15) is 60.6 Å². The molecule has 0 nitrogen and oxygen atoms in total. The van der Waals surface area contributed by atoms with Gasteiger partial charge in [-0.25, -0.2) is 0 Å². The molecule has 3 aromatic rings. The Morgan fingerprint density at radius 3 is 2.06 bits per heavy atom. The highest BCUT2D eigenvalue weighted by Crippen LogP contribution is 2.62. The van der Waals surface area contributed by atoms with Gasteiger partial charge in [-0.1, -0.05) is 87.5 Å². The Labute approximate surface area is 193 Å². The molecular formula is C32H34. The summed E-state index contributed by atoms with van der Waals surface area (Å²) in [4.78, 5) is 0. The Morgan fingerprint density at radius 2 is 1.31 bits per heavy atom. The summed E-state index contributed by atoms with van der Waals surface area (Å²) in [6.07, 6.45) is 8.04. The van der Waals surface area contributed by atoms with Gasteiger partial charge in [0.2, 0.25) is 0 Å². The van der Waals surface area contributed by atoms with Crippen molar-refractivity contribution < 1.29 is 0 Å². The summed E-state index contributed by atoms with van der Waals surface area (Å²) in [6, 6.07) is 18.2. The van der Waals surface area contributed by atoms with E-state index < -0.39 is 0 Å². The van der Waals surface area contributed by atoms with Gasteiger partial charge in [-0.3, -0.25) is 0 Å². The van der Waals surface area contributed by atoms with Crippen LogP contribution in [0.15, 0.2) is 66.8 Å².